The Kier molecular flexibility index (Phi) is 8.80. The summed E-state index contributed by atoms with van der Waals surface area (Å²) in [6.45, 7) is 0. The van der Waals surface area contributed by atoms with Crippen LogP contribution in [0.1, 0.15) is 62.5 Å². The number of hydrogen-bond donors (Lipinski definition) is 3. The van der Waals surface area contributed by atoms with Crippen LogP contribution in [0.5, 0.6) is 5.75 Å². The Balaban J connectivity index is 2.41. The average molecular weight is 322 g/mol. The van der Waals surface area contributed by atoms with E-state index in [9.17, 15) is 14.7 Å². The second-order valence-corrected chi connectivity index (χ2v) is 5.82. The molecule has 1 rings (SSSR count). The number of aryl methyl sites for hydroxylation is 1. The minimum Gasteiger partial charge on any atom is -0.508 e. The lowest BCUT2D eigenvalue weighted by Gasteiger charge is -2.11. The van der Waals surface area contributed by atoms with Gasteiger partial charge in [0.2, 0.25) is 0 Å². The summed E-state index contributed by atoms with van der Waals surface area (Å²) in [4.78, 5) is 21.0. The monoisotopic (exact) mass is 322 g/mol. The Bertz CT molecular complexity index is 510. The summed E-state index contributed by atoms with van der Waals surface area (Å²) in [5.74, 6) is -1.23. The van der Waals surface area contributed by atoms with Crippen LogP contribution in [0.25, 0.3) is 0 Å². The molecule has 23 heavy (non-hydrogen) atoms. The smallest absolute Gasteiger partial charge is 0.303 e. The zero-order valence-corrected chi connectivity index (χ0v) is 13.5. The highest BCUT2D eigenvalue weighted by molar-refractivity contribution is 5.66. The predicted molar refractivity (Wildman–Crippen MR) is 87.7 cm³/mol. The summed E-state index contributed by atoms with van der Waals surface area (Å²) >= 11 is 0. The summed E-state index contributed by atoms with van der Waals surface area (Å²) in [6.07, 6.45) is 6.77. The fraction of sp³-hybridized carbons (Fsp3) is 0.556. The van der Waals surface area contributed by atoms with E-state index in [1.54, 1.807) is 6.07 Å². The second kappa shape index (κ2) is 10.6. The second-order valence-electron chi connectivity index (χ2n) is 5.82. The maximum Gasteiger partial charge on any atom is 0.303 e. The molecule has 128 valence electrons. The van der Waals surface area contributed by atoms with Crippen molar-refractivity contribution in [3.8, 4) is 5.75 Å². The Morgan fingerprint density at radius 3 is 1.91 bits per heavy atom. The zero-order valence-electron chi connectivity index (χ0n) is 13.5. The highest BCUT2D eigenvalue weighted by atomic mass is 16.4. The molecule has 1 aromatic rings. The third-order valence-electron chi connectivity index (χ3n) is 3.90. The van der Waals surface area contributed by atoms with Crippen LogP contribution in [-0.2, 0) is 22.4 Å². The molecule has 0 aliphatic carbocycles. The minimum atomic E-state index is -0.769. The van der Waals surface area contributed by atoms with Crippen LogP contribution >= 0.6 is 0 Å². The van der Waals surface area contributed by atoms with Gasteiger partial charge >= 0.3 is 11.9 Å². The maximum atomic E-state index is 10.5. The van der Waals surface area contributed by atoms with E-state index >= 15 is 0 Å². The fourth-order valence-corrected chi connectivity index (χ4v) is 2.67. The van der Waals surface area contributed by atoms with E-state index in [1.807, 2.05) is 12.1 Å². The number of aliphatic carboxylic acids is 2. The molecule has 1 aromatic carbocycles. The summed E-state index contributed by atoms with van der Waals surface area (Å²) in [6, 6.07) is 5.51. The van der Waals surface area contributed by atoms with Gasteiger partial charge in [0.05, 0.1) is 0 Å². The summed E-state index contributed by atoms with van der Waals surface area (Å²) in [7, 11) is 0. The van der Waals surface area contributed by atoms with Gasteiger partial charge in [-0.05, 0) is 55.7 Å². The van der Waals surface area contributed by atoms with Crippen LogP contribution in [0.4, 0.5) is 0 Å². The third kappa shape index (κ3) is 8.24. The lowest BCUT2D eigenvalue weighted by molar-refractivity contribution is -0.138. The van der Waals surface area contributed by atoms with Gasteiger partial charge in [-0.1, -0.05) is 25.0 Å². The fourth-order valence-electron chi connectivity index (χ4n) is 2.67. The third-order valence-corrected chi connectivity index (χ3v) is 3.90. The van der Waals surface area contributed by atoms with Crippen LogP contribution in [0.15, 0.2) is 18.2 Å². The van der Waals surface area contributed by atoms with Gasteiger partial charge in [0.1, 0.15) is 5.75 Å². The SMILES string of the molecule is O=C(O)CCCCCc1cccc(O)c1CCCCCC(=O)O. The maximum absolute atomic E-state index is 10.5. The first-order chi connectivity index (χ1) is 11.0. The van der Waals surface area contributed by atoms with Gasteiger partial charge in [0.15, 0.2) is 0 Å². The molecular weight excluding hydrogens is 296 g/mol. The van der Waals surface area contributed by atoms with Gasteiger partial charge in [-0.3, -0.25) is 9.59 Å². The molecule has 5 nitrogen and oxygen atoms in total. The van der Waals surface area contributed by atoms with Gasteiger partial charge < -0.3 is 15.3 Å². The molecule has 0 saturated heterocycles. The molecular formula is C18H26O5. The molecule has 0 aliphatic heterocycles. The van der Waals surface area contributed by atoms with Crippen LogP contribution in [-0.4, -0.2) is 27.3 Å². The Morgan fingerprint density at radius 2 is 1.35 bits per heavy atom. The molecule has 0 aliphatic rings. The van der Waals surface area contributed by atoms with Crippen molar-refractivity contribution in [1.29, 1.82) is 0 Å². The Labute approximate surface area is 137 Å². The molecule has 3 N–H and O–H groups in total. The number of rotatable bonds is 12. The molecule has 0 spiro atoms. The van der Waals surface area contributed by atoms with E-state index in [0.29, 0.717) is 18.6 Å². The lowest BCUT2D eigenvalue weighted by atomic mass is 9.96. The van der Waals surface area contributed by atoms with E-state index in [-0.39, 0.29) is 12.8 Å². The molecule has 0 saturated carbocycles. The quantitative estimate of drug-likeness (QED) is 0.509. The van der Waals surface area contributed by atoms with E-state index < -0.39 is 11.9 Å². The number of aromatic hydroxyl groups is 1. The van der Waals surface area contributed by atoms with Gasteiger partial charge in [0.25, 0.3) is 0 Å². The summed E-state index contributed by atoms with van der Waals surface area (Å²) in [5.41, 5.74) is 2.06. The topological polar surface area (TPSA) is 94.8 Å². The Morgan fingerprint density at radius 1 is 0.783 bits per heavy atom. The summed E-state index contributed by atoms with van der Waals surface area (Å²) < 4.78 is 0. The van der Waals surface area contributed by atoms with Crippen molar-refractivity contribution in [2.45, 2.75) is 64.2 Å². The average Bonchev–Trinajstić information content (AvgIpc) is 2.48. The van der Waals surface area contributed by atoms with Crippen molar-refractivity contribution in [3.63, 3.8) is 0 Å². The van der Waals surface area contributed by atoms with Crippen LogP contribution < -0.4 is 0 Å². The molecule has 0 radical (unpaired) electrons. The molecule has 0 bridgehead atoms. The number of carboxylic acid groups (broad SMARTS) is 2. The van der Waals surface area contributed by atoms with Gasteiger partial charge in [-0.2, -0.15) is 0 Å². The molecule has 0 aromatic heterocycles. The van der Waals surface area contributed by atoms with Gasteiger partial charge in [-0.15, -0.1) is 0 Å². The zero-order chi connectivity index (χ0) is 17.1. The first-order valence-corrected chi connectivity index (χ1v) is 8.24. The number of carboxylic acids is 2. The predicted octanol–water partition coefficient (Wildman–Crippen LogP) is 3.77. The molecule has 0 fully saturated rings. The van der Waals surface area contributed by atoms with E-state index in [4.69, 9.17) is 10.2 Å². The Hall–Kier alpha value is -2.04. The van der Waals surface area contributed by atoms with E-state index in [2.05, 4.69) is 0 Å². The summed E-state index contributed by atoms with van der Waals surface area (Å²) in [5, 5.41) is 27.3. The molecule has 0 amide bonds. The van der Waals surface area contributed by atoms with Crippen LogP contribution in [0, 0.1) is 0 Å². The van der Waals surface area contributed by atoms with Gasteiger partial charge in [-0.25, -0.2) is 0 Å². The minimum absolute atomic E-state index is 0.192. The van der Waals surface area contributed by atoms with Gasteiger partial charge in [0, 0.05) is 12.8 Å². The normalized spacial score (nSPS) is 10.6. The molecule has 0 atom stereocenters. The van der Waals surface area contributed by atoms with E-state index in [0.717, 1.165) is 49.7 Å². The van der Waals surface area contributed by atoms with E-state index in [1.165, 1.54) is 0 Å². The van der Waals surface area contributed by atoms with Crippen LogP contribution in [0.3, 0.4) is 0 Å². The number of phenolic OH excluding ortho intramolecular Hbond substituents is 1. The number of hydrogen-bond acceptors (Lipinski definition) is 3. The van der Waals surface area contributed by atoms with Crippen molar-refractivity contribution in [3.05, 3.63) is 29.3 Å². The standard InChI is InChI=1S/C18H26O5/c19-16-11-7-9-14(8-3-1-5-12-17(20)21)15(16)10-4-2-6-13-18(22)23/h7,9,11,19H,1-6,8,10,12-13H2,(H,20,21)(H,22,23). The highest BCUT2D eigenvalue weighted by Crippen LogP contribution is 2.25. The highest BCUT2D eigenvalue weighted by Gasteiger charge is 2.08. The first-order valence-electron chi connectivity index (χ1n) is 8.24. The van der Waals surface area contributed by atoms with Crippen molar-refractivity contribution >= 4 is 11.9 Å². The molecule has 5 heteroatoms. The largest absolute Gasteiger partial charge is 0.508 e. The number of carbonyl (C=O) groups is 2. The number of phenols is 1. The lowest BCUT2D eigenvalue weighted by Crippen LogP contribution is -1.98. The number of benzene rings is 1. The number of unbranched alkanes of at least 4 members (excludes halogenated alkanes) is 4. The first kappa shape index (κ1) is 19.0. The van der Waals surface area contributed by atoms with Crippen molar-refractivity contribution in [2.75, 3.05) is 0 Å². The van der Waals surface area contributed by atoms with Crippen molar-refractivity contribution in [1.82, 2.24) is 0 Å². The van der Waals surface area contributed by atoms with Crippen LogP contribution in [0.2, 0.25) is 0 Å². The molecule has 0 heterocycles. The van der Waals surface area contributed by atoms with Crippen molar-refractivity contribution < 1.29 is 24.9 Å². The molecule has 0 unspecified atom stereocenters. The van der Waals surface area contributed by atoms with Crippen molar-refractivity contribution in [2.24, 2.45) is 0 Å².